The molecule has 0 saturated heterocycles. The van der Waals surface area contributed by atoms with Crippen molar-refractivity contribution in [3.63, 3.8) is 0 Å². The number of thioether (sulfide) groups is 1. The van der Waals surface area contributed by atoms with Crippen LogP contribution in [0.3, 0.4) is 0 Å². The zero-order chi connectivity index (χ0) is 22.9. The molecule has 0 radical (unpaired) electrons. The molecule has 8 nitrogen and oxygen atoms in total. The number of anilines is 1. The van der Waals surface area contributed by atoms with Gasteiger partial charge in [-0.15, -0.1) is 16.8 Å². The van der Waals surface area contributed by atoms with Gasteiger partial charge in [0.15, 0.2) is 11.0 Å². The molecule has 1 amide bonds. The third-order valence-electron chi connectivity index (χ3n) is 4.42. The minimum atomic E-state index is -0.429. The van der Waals surface area contributed by atoms with Crippen LogP contribution in [0.1, 0.15) is 21.7 Å². The SMILES string of the molecule is C=CCn1c(COc2ccc(C)cc2)nnc1SCC(=O)Nc1ccc(C(=O)OC)cc1. The van der Waals surface area contributed by atoms with E-state index in [4.69, 9.17) is 4.74 Å². The fourth-order valence-electron chi connectivity index (χ4n) is 2.76. The fraction of sp³-hybridized carbons (Fsp3) is 0.217. The summed E-state index contributed by atoms with van der Waals surface area (Å²) in [7, 11) is 1.32. The number of nitrogens with zero attached hydrogens (tertiary/aromatic N) is 3. The Morgan fingerprint density at radius 2 is 1.84 bits per heavy atom. The summed E-state index contributed by atoms with van der Waals surface area (Å²) in [6.07, 6.45) is 1.74. The van der Waals surface area contributed by atoms with Crippen molar-refractivity contribution in [3.8, 4) is 5.75 Å². The number of hydrogen-bond donors (Lipinski definition) is 1. The van der Waals surface area contributed by atoms with Crippen LogP contribution in [0.5, 0.6) is 5.75 Å². The average Bonchev–Trinajstić information content (AvgIpc) is 3.19. The number of hydrogen-bond acceptors (Lipinski definition) is 7. The lowest BCUT2D eigenvalue weighted by atomic mass is 10.2. The standard InChI is InChI=1S/C23H24N4O4S/c1-4-13-27-20(14-31-19-11-5-16(2)6-12-19)25-26-23(27)32-15-21(28)24-18-9-7-17(8-10-18)22(29)30-3/h4-12H,1,13-15H2,2-3H3,(H,24,28). The van der Waals surface area contributed by atoms with Gasteiger partial charge in [-0.3, -0.25) is 9.36 Å². The van der Waals surface area contributed by atoms with Crippen molar-refractivity contribution in [3.05, 3.63) is 78.1 Å². The Balaban J connectivity index is 1.57. The molecular formula is C23H24N4O4S. The Kier molecular flexibility index (Phi) is 8.04. The van der Waals surface area contributed by atoms with E-state index in [1.165, 1.54) is 18.9 Å². The van der Waals surface area contributed by atoms with E-state index in [-0.39, 0.29) is 18.3 Å². The smallest absolute Gasteiger partial charge is 0.337 e. The Hall–Kier alpha value is -3.59. The van der Waals surface area contributed by atoms with Crippen LogP contribution in [0.4, 0.5) is 5.69 Å². The van der Waals surface area contributed by atoms with Crippen LogP contribution in [0.15, 0.2) is 66.3 Å². The number of aromatic nitrogens is 3. The van der Waals surface area contributed by atoms with Gasteiger partial charge in [-0.25, -0.2) is 4.79 Å². The van der Waals surface area contributed by atoms with Gasteiger partial charge >= 0.3 is 5.97 Å². The summed E-state index contributed by atoms with van der Waals surface area (Å²) < 4.78 is 12.3. The number of carbonyl (C=O) groups excluding carboxylic acids is 2. The number of allylic oxidation sites excluding steroid dienone is 1. The van der Waals surface area contributed by atoms with E-state index < -0.39 is 5.97 Å². The molecule has 0 spiro atoms. The van der Waals surface area contributed by atoms with Crippen molar-refractivity contribution in [2.24, 2.45) is 0 Å². The first kappa shape index (κ1) is 23.1. The molecule has 0 bridgehead atoms. The lowest BCUT2D eigenvalue weighted by Gasteiger charge is -2.09. The number of nitrogens with one attached hydrogen (secondary N) is 1. The van der Waals surface area contributed by atoms with Crippen molar-refractivity contribution in [1.82, 2.24) is 14.8 Å². The fourth-order valence-corrected chi connectivity index (χ4v) is 3.53. The molecule has 0 aliphatic heterocycles. The normalized spacial score (nSPS) is 10.4. The molecule has 9 heteroatoms. The second-order valence-electron chi connectivity index (χ2n) is 6.81. The maximum Gasteiger partial charge on any atom is 0.337 e. The molecule has 0 fully saturated rings. The first-order chi connectivity index (χ1) is 15.5. The molecular weight excluding hydrogens is 428 g/mol. The van der Waals surface area contributed by atoms with E-state index in [1.807, 2.05) is 35.8 Å². The molecule has 1 N–H and O–H groups in total. The summed E-state index contributed by atoms with van der Waals surface area (Å²) in [5, 5.41) is 11.8. The number of benzene rings is 2. The minimum Gasteiger partial charge on any atom is -0.486 e. The highest BCUT2D eigenvalue weighted by molar-refractivity contribution is 7.99. The van der Waals surface area contributed by atoms with Crippen LogP contribution < -0.4 is 10.1 Å². The van der Waals surface area contributed by atoms with Gasteiger partial charge in [0.2, 0.25) is 5.91 Å². The summed E-state index contributed by atoms with van der Waals surface area (Å²) in [5.74, 6) is 0.906. The Morgan fingerprint density at radius 1 is 1.12 bits per heavy atom. The zero-order valence-electron chi connectivity index (χ0n) is 17.9. The molecule has 32 heavy (non-hydrogen) atoms. The summed E-state index contributed by atoms with van der Waals surface area (Å²) in [6.45, 7) is 6.55. The lowest BCUT2D eigenvalue weighted by molar-refractivity contribution is -0.113. The number of esters is 1. The van der Waals surface area contributed by atoms with Crippen LogP contribution in [0.2, 0.25) is 0 Å². The van der Waals surface area contributed by atoms with Crippen LogP contribution in [-0.4, -0.2) is 39.5 Å². The number of carbonyl (C=O) groups is 2. The predicted octanol–water partition coefficient (Wildman–Crippen LogP) is 3.87. The van der Waals surface area contributed by atoms with E-state index in [0.717, 1.165) is 11.3 Å². The number of ether oxygens (including phenoxy) is 2. The molecule has 0 aliphatic rings. The van der Waals surface area contributed by atoms with Crippen molar-refractivity contribution in [1.29, 1.82) is 0 Å². The molecule has 3 aromatic rings. The Bertz CT molecular complexity index is 1080. The predicted molar refractivity (Wildman–Crippen MR) is 123 cm³/mol. The maximum atomic E-state index is 12.3. The first-order valence-electron chi connectivity index (χ1n) is 9.83. The zero-order valence-corrected chi connectivity index (χ0v) is 18.7. The first-order valence-corrected chi connectivity index (χ1v) is 10.8. The lowest BCUT2D eigenvalue weighted by Crippen LogP contribution is -2.15. The largest absolute Gasteiger partial charge is 0.486 e. The summed E-state index contributed by atoms with van der Waals surface area (Å²) >= 11 is 1.27. The average molecular weight is 453 g/mol. The van der Waals surface area contributed by atoms with Gasteiger partial charge in [0.1, 0.15) is 12.4 Å². The third-order valence-corrected chi connectivity index (χ3v) is 5.38. The second-order valence-corrected chi connectivity index (χ2v) is 7.75. The molecule has 0 unspecified atom stereocenters. The highest BCUT2D eigenvalue weighted by Crippen LogP contribution is 2.20. The minimum absolute atomic E-state index is 0.146. The molecule has 0 aliphatic carbocycles. The molecule has 1 aromatic heterocycles. The van der Waals surface area contributed by atoms with Gasteiger partial charge in [0, 0.05) is 12.2 Å². The van der Waals surface area contributed by atoms with E-state index >= 15 is 0 Å². The van der Waals surface area contributed by atoms with Crippen molar-refractivity contribution >= 4 is 29.3 Å². The van der Waals surface area contributed by atoms with E-state index in [0.29, 0.717) is 28.8 Å². The Morgan fingerprint density at radius 3 is 2.50 bits per heavy atom. The van der Waals surface area contributed by atoms with Crippen LogP contribution in [0, 0.1) is 6.92 Å². The third kappa shape index (κ3) is 6.21. The monoisotopic (exact) mass is 452 g/mol. The van der Waals surface area contributed by atoms with Gasteiger partial charge in [-0.05, 0) is 43.3 Å². The van der Waals surface area contributed by atoms with Gasteiger partial charge in [0.05, 0.1) is 18.4 Å². The molecule has 0 saturated carbocycles. The molecule has 3 rings (SSSR count). The molecule has 2 aromatic carbocycles. The summed E-state index contributed by atoms with van der Waals surface area (Å²) in [5.41, 5.74) is 2.16. The van der Waals surface area contributed by atoms with Gasteiger partial charge in [0.25, 0.3) is 0 Å². The van der Waals surface area contributed by atoms with Crippen molar-refractivity contribution in [2.75, 3.05) is 18.2 Å². The van der Waals surface area contributed by atoms with Gasteiger partial charge in [-0.2, -0.15) is 0 Å². The number of amides is 1. The van der Waals surface area contributed by atoms with Gasteiger partial charge in [-0.1, -0.05) is 35.5 Å². The van der Waals surface area contributed by atoms with Crippen LogP contribution in [-0.2, 0) is 22.7 Å². The van der Waals surface area contributed by atoms with Gasteiger partial charge < -0.3 is 14.8 Å². The molecule has 166 valence electrons. The van der Waals surface area contributed by atoms with E-state index in [9.17, 15) is 9.59 Å². The van der Waals surface area contributed by atoms with Crippen molar-refractivity contribution < 1.29 is 19.1 Å². The number of aryl methyl sites for hydroxylation is 1. The van der Waals surface area contributed by atoms with Crippen LogP contribution >= 0.6 is 11.8 Å². The summed E-state index contributed by atoms with van der Waals surface area (Å²) in [6, 6.07) is 14.2. The number of methoxy groups -OCH3 is 1. The van der Waals surface area contributed by atoms with Crippen molar-refractivity contribution in [2.45, 2.75) is 25.2 Å². The maximum absolute atomic E-state index is 12.3. The molecule has 0 atom stereocenters. The number of rotatable bonds is 10. The van der Waals surface area contributed by atoms with E-state index in [2.05, 4.69) is 26.8 Å². The summed E-state index contributed by atoms with van der Waals surface area (Å²) in [4.78, 5) is 23.8. The highest BCUT2D eigenvalue weighted by Gasteiger charge is 2.14. The second kappa shape index (κ2) is 11.1. The Labute approximate surface area is 190 Å². The van der Waals surface area contributed by atoms with E-state index in [1.54, 1.807) is 30.3 Å². The quantitative estimate of drug-likeness (QED) is 0.283. The topological polar surface area (TPSA) is 95.3 Å². The highest BCUT2D eigenvalue weighted by atomic mass is 32.2. The molecule has 1 heterocycles. The van der Waals surface area contributed by atoms with Crippen LogP contribution in [0.25, 0.3) is 0 Å².